The number of aryl methyl sites for hydroxylation is 1. The zero-order valence-electron chi connectivity index (χ0n) is 11.1. The maximum absolute atomic E-state index is 6.07. The van der Waals surface area contributed by atoms with Gasteiger partial charge in [-0.25, -0.2) is 0 Å². The number of fused-ring (bicyclic) bond motifs is 1. The van der Waals surface area contributed by atoms with Crippen LogP contribution in [0.15, 0.2) is 42.5 Å². The molecule has 1 aliphatic heterocycles. The number of hydrogen-bond donors (Lipinski definition) is 1. The van der Waals surface area contributed by atoms with Crippen molar-refractivity contribution in [1.82, 2.24) is 0 Å². The minimum atomic E-state index is 0.0419. The molecule has 0 aliphatic carbocycles. The van der Waals surface area contributed by atoms with E-state index in [9.17, 15) is 0 Å². The predicted molar refractivity (Wildman–Crippen MR) is 76.0 cm³/mol. The Bertz CT molecular complexity index is 578. The van der Waals surface area contributed by atoms with E-state index in [2.05, 4.69) is 18.3 Å². The van der Waals surface area contributed by atoms with Gasteiger partial charge >= 0.3 is 0 Å². The molecule has 3 heteroatoms. The van der Waals surface area contributed by atoms with Gasteiger partial charge in [-0.3, -0.25) is 0 Å². The first-order valence-electron chi connectivity index (χ1n) is 6.42. The van der Waals surface area contributed by atoms with E-state index >= 15 is 0 Å². The average Bonchev–Trinajstić information content (AvgIpc) is 2.47. The molecule has 0 fully saturated rings. The SMILES string of the molecule is COc1ccc(C2CNc3c(C)cccc3O2)cc1. The van der Waals surface area contributed by atoms with Crippen LogP contribution in [-0.2, 0) is 0 Å². The second kappa shape index (κ2) is 4.84. The van der Waals surface area contributed by atoms with Crippen molar-refractivity contribution >= 4 is 5.69 Å². The second-order valence-corrected chi connectivity index (χ2v) is 4.71. The van der Waals surface area contributed by atoms with E-state index in [0.29, 0.717) is 0 Å². The molecule has 0 spiro atoms. The van der Waals surface area contributed by atoms with Gasteiger partial charge in [-0.1, -0.05) is 24.3 Å². The van der Waals surface area contributed by atoms with E-state index in [-0.39, 0.29) is 6.10 Å². The number of methoxy groups -OCH3 is 1. The molecular formula is C16H17NO2. The summed E-state index contributed by atoms with van der Waals surface area (Å²) in [7, 11) is 1.67. The molecule has 2 aromatic carbocycles. The van der Waals surface area contributed by atoms with E-state index in [0.717, 1.165) is 29.3 Å². The topological polar surface area (TPSA) is 30.5 Å². The lowest BCUT2D eigenvalue weighted by Gasteiger charge is -2.28. The minimum absolute atomic E-state index is 0.0419. The third kappa shape index (κ3) is 2.24. The number of benzene rings is 2. The van der Waals surface area contributed by atoms with Gasteiger partial charge in [-0.05, 0) is 36.2 Å². The zero-order chi connectivity index (χ0) is 13.2. The van der Waals surface area contributed by atoms with Crippen LogP contribution >= 0.6 is 0 Å². The summed E-state index contributed by atoms with van der Waals surface area (Å²) in [5.74, 6) is 1.79. The van der Waals surface area contributed by atoms with Gasteiger partial charge in [0.15, 0.2) is 0 Å². The highest BCUT2D eigenvalue weighted by Crippen LogP contribution is 2.36. The molecule has 0 amide bonds. The number of hydrogen-bond acceptors (Lipinski definition) is 3. The van der Waals surface area contributed by atoms with Crippen molar-refractivity contribution in [2.24, 2.45) is 0 Å². The molecule has 1 unspecified atom stereocenters. The summed E-state index contributed by atoms with van der Waals surface area (Å²) in [6, 6.07) is 14.1. The molecule has 0 saturated heterocycles. The smallest absolute Gasteiger partial charge is 0.143 e. The summed E-state index contributed by atoms with van der Waals surface area (Å²) in [6.07, 6.45) is 0.0419. The van der Waals surface area contributed by atoms with E-state index in [1.807, 2.05) is 36.4 Å². The van der Waals surface area contributed by atoms with Crippen molar-refractivity contribution in [3.05, 3.63) is 53.6 Å². The van der Waals surface area contributed by atoms with Gasteiger partial charge in [-0.2, -0.15) is 0 Å². The van der Waals surface area contributed by atoms with Crippen molar-refractivity contribution in [2.75, 3.05) is 19.0 Å². The normalized spacial score (nSPS) is 17.1. The molecule has 3 nitrogen and oxygen atoms in total. The van der Waals surface area contributed by atoms with Crippen LogP contribution in [0.25, 0.3) is 0 Å². The van der Waals surface area contributed by atoms with Crippen molar-refractivity contribution in [3.63, 3.8) is 0 Å². The van der Waals surface area contributed by atoms with Crippen LogP contribution in [0.1, 0.15) is 17.2 Å². The maximum Gasteiger partial charge on any atom is 0.143 e. The van der Waals surface area contributed by atoms with Crippen LogP contribution in [0.2, 0.25) is 0 Å². The summed E-state index contributed by atoms with van der Waals surface area (Å²) in [5, 5.41) is 3.45. The fourth-order valence-electron chi connectivity index (χ4n) is 2.36. The molecule has 98 valence electrons. The maximum atomic E-state index is 6.07. The first-order chi connectivity index (χ1) is 9.28. The van der Waals surface area contributed by atoms with Gasteiger partial charge in [0.25, 0.3) is 0 Å². The molecule has 19 heavy (non-hydrogen) atoms. The van der Waals surface area contributed by atoms with E-state index in [1.54, 1.807) is 7.11 Å². The Balaban J connectivity index is 1.85. The minimum Gasteiger partial charge on any atom is -0.497 e. The Morgan fingerprint density at radius 2 is 1.95 bits per heavy atom. The van der Waals surface area contributed by atoms with Gasteiger partial charge in [0.1, 0.15) is 17.6 Å². The number of anilines is 1. The van der Waals surface area contributed by atoms with E-state index in [4.69, 9.17) is 9.47 Å². The van der Waals surface area contributed by atoms with Crippen molar-refractivity contribution < 1.29 is 9.47 Å². The Morgan fingerprint density at radius 1 is 1.16 bits per heavy atom. The van der Waals surface area contributed by atoms with Gasteiger partial charge in [0, 0.05) is 0 Å². The summed E-state index contributed by atoms with van der Waals surface area (Å²) >= 11 is 0. The quantitative estimate of drug-likeness (QED) is 0.890. The van der Waals surface area contributed by atoms with Crippen LogP contribution in [0.4, 0.5) is 5.69 Å². The van der Waals surface area contributed by atoms with Crippen molar-refractivity contribution in [3.8, 4) is 11.5 Å². The van der Waals surface area contributed by atoms with Crippen molar-refractivity contribution in [1.29, 1.82) is 0 Å². The lowest BCUT2D eigenvalue weighted by Crippen LogP contribution is -2.24. The predicted octanol–water partition coefficient (Wildman–Crippen LogP) is 3.55. The Kier molecular flexibility index (Phi) is 3.03. The highest BCUT2D eigenvalue weighted by atomic mass is 16.5. The Labute approximate surface area is 113 Å². The van der Waals surface area contributed by atoms with Crippen LogP contribution < -0.4 is 14.8 Å². The Hall–Kier alpha value is -2.16. The molecule has 0 aromatic heterocycles. The number of nitrogens with one attached hydrogen (secondary N) is 1. The summed E-state index contributed by atoms with van der Waals surface area (Å²) in [6.45, 7) is 2.87. The molecule has 1 aliphatic rings. The molecule has 1 heterocycles. The van der Waals surface area contributed by atoms with Crippen LogP contribution in [0.3, 0.4) is 0 Å². The second-order valence-electron chi connectivity index (χ2n) is 4.71. The highest BCUT2D eigenvalue weighted by molar-refractivity contribution is 5.63. The first-order valence-corrected chi connectivity index (χ1v) is 6.42. The largest absolute Gasteiger partial charge is 0.497 e. The summed E-state index contributed by atoms with van der Waals surface area (Å²) < 4.78 is 11.2. The average molecular weight is 255 g/mol. The van der Waals surface area contributed by atoms with Gasteiger partial charge in [0.05, 0.1) is 19.3 Å². The molecular weight excluding hydrogens is 238 g/mol. The molecule has 0 radical (unpaired) electrons. The molecule has 0 bridgehead atoms. The lowest BCUT2D eigenvalue weighted by atomic mass is 10.1. The van der Waals surface area contributed by atoms with Crippen LogP contribution in [0.5, 0.6) is 11.5 Å². The number of rotatable bonds is 2. The van der Waals surface area contributed by atoms with E-state index < -0.39 is 0 Å². The molecule has 1 N–H and O–H groups in total. The molecule has 2 aromatic rings. The fraction of sp³-hybridized carbons (Fsp3) is 0.250. The van der Waals surface area contributed by atoms with E-state index in [1.165, 1.54) is 5.56 Å². The molecule has 0 saturated carbocycles. The van der Waals surface area contributed by atoms with Gasteiger partial charge < -0.3 is 14.8 Å². The fourth-order valence-corrected chi connectivity index (χ4v) is 2.36. The molecule has 1 atom stereocenters. The monoisotopic (exact) mass is 255 g/mol. The molecule has 3 rings (SSSR count). The number of para-hydroxylation sites is 1. The first kappa shape index (κ1) is 11.9. The zero-order valence-corrected chi connectivity index (χ0v) is 11.1. The number of ether oxygens (including phenoxy) is 2. The lowest BCUT2D eigenvalue weighted by molar-refractivity contribution is 0.210. The third-order valence-corrected chi connectivity index (χ3v) is 3.46. The van der Waals surface area contributed by atoms with Gasteiger partial charge in [0.2, 0.25) is 0 Å². The highest BCUT2D eigenvalue weighted by Gasteiger charge is 2.21. The Morgan fingerprint density at radius 3 is 2.68 bits per heavy atom. The summed E-state index contributed by atoms with van der Waals surface area (Å²) in [4.78, 5) is 0. The van der Waals surface area contributed by atoms with Gasteiger partial charge in [-0.15, -0.1) is 0 Å². The standard InChI is InChI=1S/C16H17NO2/c1-11-4-3-5-14-16(11)17-10-15(19-14)12-6-8-13(18-2)9-7-12/h3-9,15,17H,10H2,1-2H3. The van der Waals surface area contributed by atoms with Crippen molar-refractivity contribution in [2.45, 2.75) is 13.0 Å². The van der Waals surface area contributed by atoms with Crippen LogP contribution in [-0.4, -0.2) is 13.7 Å². The van der Waals surface area contributed by atoms with Crippen LogP contribution in [0, 0.1) is 6.92 Å². The third-order valence-electron chi connectivity index (χ3n) is 3.46. The summed E-state index contributed by atoms with van der Waals surface area (Å²) in [5.41, 5.74) is 3.47.